The number of rotatable bonds is 3. The van der Waals surface area contributed by atoms with Crippen molar-refractivity contribution in [3.63, 3.8) is 0 Å². The highest BCUT2D eigenvalue weighted by molar-refractivity contribution is 5.40. The zero-order chi connectivity index (χ0) is 10.7. The number of anilines is 1. The average Bonchev–Trinajstić information content (AvgIpc) is 2.67. The van der Waals surface area contributed by atoms with E-state index >= 15 is 0 Å². The van der Waals surface area contributed by atoms with Gasteiger partial charge in [0.2, 0.25) is 0 Å². The fourth-order valence-corrected chi connectivity index (χ4v) is 2.12. The van der Waals surface area contributed by atoms with Crippen LogP contribution in [0.1, 0.15) is 18.4 Å². The first-order valence-electron chi connectivity index (χ1n) is 5.54. The third-order valence-corrected chi connectivity index (χ3v) is 2.96. The molecule has 1 aromatic heterocycles. The maximum atomic E-state index is 5.57. The monoisotopic (exact) mass is 206 g/mol. The molecular formula is C11H18N4. The van der Waals surface area contributed by atoms with E-state index in [-0.39, 0.29) is 0 Å². The molecule has 0 saturated carbocycles. The molecule has 0 spiro atoms. The van der Waals surface area contributed by atoms with E-state index in [4.69, 9.17) is 5.73 Å². The maximum Gasteiger partial charge on any atom is 0.151 e. The van der Waals surface area contributed by atoms with Crippen LogP contribution in [0.15, 0.2) is 12.3 Å². The van der Waals surface area contributed by atoms with Crippen molar-refractivity contribution < 1.29 is 0 Å². The number of nitrogens with zero attached hydrogens (tertiary/aromatic N) is 3. The Labute approximate surface area is 90.5 Å². The van der Waals surface area contributed by atoms with Crippen LogP contribution in [0.25, 0.3) is 0 Å². The van der Waals surface area contributed by atoms with Crippen LogP contribution in [0.2, 0.25) is 0 Å². The van der Waals surface area contributed by atoms with Crippen LogP contribution in [0, 0.1) is 12.8 Å². The van der Waals surface area contributed by atoms with Gasteiger partial charge in [-0.1, -0.05) is 0 Å². The third-order valence-electron chi connectivity index (χ3n) is 2.96. The minimum Gasteiger partial charge on any atom is -0.355 e. The van der Waals surface area contributed by atoms with Crippen LogP contribution in [-0.4, -0.2) is 29.8 Å². The van der Waals surface area contributed by atoms with Crippen molar-refractivity contribution in [3.8, 4) is 0 Å². The van der Waals surface area contributed by atoms with Gasteiger partial charge in [0.25, 0.3) is 0 Å². The summed E-state index contributed by atoms with van der Waals surface area (Å²) in [6, 6.07) is 2.10. The first kappa shape index (κ1) is 10.4. The molecule has 0 aliphatic carbocycles. The van der Waals surface area contributed by atoms with Crippen LogP contribution in [0.5, 0.6) is 0 Å². The Hall–Kier alpha value is -1.16. The normalized spacial score (nSPS) is 20.9. The standard InChI is InChI=1S/C11H18N4/c1-9-6-11(14-13-7-9)15-5-3-10(8-15)2-4-12/h6-7,10H,2-5,8,12H2,1H3. The first-order valence-corrected chi connectivity index (χ1v) is 5.54. The summed E-state index contributed by atoms with van der Waals surface area (Å²) in [6.45, 7) is 5.00. The molecular weight excluding hydrogens is 188 g/mol. The molecule has 82 valence electrons. The molecule has 0 amide bonds. The molecule has 1 aliphatic heterocycles. The minimum absolute atomic E-state index is 0.734. The van der Waals surface area contributed by atoms with Gasteiger partial charge < -0.3 is 10.6 Å². The van der Waals surface area contributed by atoms with Crippen molar-refractivity contribution in [2.45, 2.75) is 19.8 Å². The number of aromatic nitrogens is 2. The van der Waals surface area contributed by atoms with Gasteiger partial charge in [0.15, 0.2) is 5.82 Å². The highest BCUT2D eigenvalue weighted by atomic mass is 15.3. The number of hydrogen-bond donors (Lipinski definition) is 1. The summed E-state index contributed by atoms with van der Waals surface area (Å²) in [7, 11) is 0. The number of nitrogens with two attached hydrogens (primary N) is 1. The average molecular weight is 206 g/mol. The third kappa shape index (κ3) is 2.45. The van der Waals surface area contributed by atoms with Gasteiger partial charge in [0, 0.05) is 13.1 Å². The van der Waals surface area contributed by atoms with Crippen molar-refractivity contribution in [1.82, 2.24) is 10.2 Å². The van der Waals surface area contributed by atoms with Gasteiger partial charge in [-0.15, -0.1) is 5.10 Å². The van der Waals surface area contributed by atoms with Crippen molar-refractivity contribution in [2.24, 2.45) is 11.7 Å². The molecule has 0 aromatic carbocycles. The van der Waals surface area contributed by atoms with E-state index in [9.17, 15) is 0 Å². The van der Waals surface area contributed by atoms with E-state index < -0.39 is 0 Å². The smallest absolute Gasteiger partial charge is 0.151 e. The van der Waals surface area contributed by atoms with Crippen LogP contribution >= 0.6 is 0 Å². The second-order valence-electron chi connectivity index (χ2n) is 4.27. The molecule has 1 atom stereocenters. The minimum atomic E-state index is 0.734. The summed E-state index contributed by atoms with van der Waals surface area (Å²) < 4.78 is 0. The Morgan fingerprint density at radius 1 is 1.60 bits per heavy atom. The molecule has 1 aromatic rings. The van der Waals surface area contributed by atoms with Gasteiger partial charge >= 0.3 is 0 Å². The van der Waals surface area contributed by atoms with Gasteiger partial charge in [0.05, 0.1) is 6.20 Å². The summed E-state index contributed by atoms with van der Waals surface area (Å²) in [5.41, 5.74) is 6.74. The fraction of sp³-hybridized carbons (Fsp3) is 0.636. The number of hydrogen-bond acceptors (Lipinski definition) is 4. The van der Waals surface area contributed by atoms with Crippen molar-refractivity contribution in [2.75, 3.05) is 24.5 Å². The van der Waals surface area contributed by atoms with Gasteiger partial charge in [-0.25, -0.2) is 0 Å². The molecule has 2 N–H and O–H groups in total. The Bertz CT molecular complexity index is 326. The molecule has 0 radical (unpaired) electrons. The van der Waals surface area contributed by atoms with E-state index in [0.717, 1.165) is 37.8 Å². The predicted octanol–water partition coefficient (Wildman–Crippen LogP) is 0.960. The Morgan fingerprint density at radius 3 is 3.20 bits per heavy atom. The van der Waals surface area contributed by atoms with Gasteiger partial charge in [-0.3, -0.25) is 0 Å². The van der Waals surface area contributed by atoms with Crippen LogP contribution < -0.4 is 10.6 Å². The van der Waals surface area contributed by atoms with Crippen molar-refractivity contribution in [1.29, 1.82) is 0 Å². The summed E-state index contributed by atoms with van der Waals surface area (Å²) in [5, 5.41) is 8.14. The van der Waals surface area contributed by atoms with Crippen molar-refractivity contribution >= 4 is 5.82 Å². The molecule has 2 heterocycles. The molecule has 2 rings (SSSR count). The maximum absolute atomic E-state index is 5.57. The van der Waals surface area contributed by atoms with Crippen LogP contribution in [-0.2, 0) is 0 Å². The van der Waals surface area contributed by atoms with E-state index in [1.807, 2.05) is 6.92 Å². The molecule has 0 bridgehead atoms. The molecule has 1 unspecified atom stereocenters. The summed E-state index contributed by atoms with van der Waals surface area (Å²) in [5.74, 6) is 1.74. The molecule has 4 nitrogen and oxygen atoms in total. The lowest BCUT2D eigenvalue weighted by atomic mass is 10.1. The molecule has 1 saturated heterocycles. The quantitative estimate of drug-likeness (QED) is 0.800. The predicted molar refractivity (Wildman–Crippen MR) is 60.8 cm³/mol. The van der Waals surface area contributed by atoms with Crippen LogP contribution in [0.4, 0.5) is 5.82 Å². The lowest BCUT2D eigenvalue weighted by Crippen LogP contribution is -2.21. The SMILES string of the molecule is Cc1cnnc(N2CCC(CCN)C2)c1. The highest BCUT2D eigenvalue weighted by Crippen LogP contribution is 2.23. The summed E-state index contributed by atoms with van der Waals surface area (Å²) in [4.78, 5) is 2.31. The lowest BCUT2D eigenvalue weighted by Gasteiger charge is -2.16. The first-order chi connectivity index (χ1) is 7.29. The van der Waals surface area contributed by atoms with E-state index in [1.54, 1.807) is 6.20 Å². The fourth-order valence-electron chi connectivity index (χ4n) is 2.12. The summed E-state index contributed by atoms with van der Waals surface area (Å²) >= 11 is 0. The number of aryl methyl sites for hydroxylation is 1. The van der Waals surface area contributed by atoms with Gasteiger partial charge in [-0.05, 0) is 43.9 Å². The second-order valence-corrected chi connectivity index (χ2v) is 4.27. The van der Waals surface area contributed by atoms with E-state index in [1.165, 1.54) is 12.0 Å². The Balaban J connectivity index is 2.01. The highest BCUT2D eigenvalue weighted by Gasteiger charge is 2.22. The van der Waals surface area contributed by atoms with E-state index in [2.05, 4.69) is 21.2 Å². The second kappa shape index (κ2) is 4.57. The zero-order valence-electron chi connectivity index (χ0n) is 9.19. The van der Waals surface area contributed by atoms with Gasteiger partial charge in [0.1, 0.15) is 0 Å². The van der Waals surface area contributed by atoms with Crippen molar-refractivity contribution in [3.05, 3.63) is 17.8 Å². The zero-order valence-corrected chi connectivity index (χ0v) is 9.19. The molecule has 4 heteroatoms. The Kier molecular flexibility index (Phi) is 3.16. The molecule has 15 heavy (non-hydrogen) atoms. The molecule has 1 fully saturated rings. The molecule has 1 aliphatic rings. The topological polar surface area (TPSA) is 55.0 Å². The van der Waals surface area contributed by atoms with E-state index in [0.29, 0.717) is 0 Å². The lowest BCUT2D eigenvalue weighted by molar-refractivity contribution is 0.546. The van der Waals surface area contributed by atoms with Gasteiger partial charge in [-0.2, -0.15) is 5.10 Å². The Morgan fingerprint density at radius 2 is 2.47 bits per heavy atom. The summed E-state index contributed by atoms with van der Waals surface area (Å²) in [6.07, 6.45) is 4.14. The largest absolute Gasteiger partial charge is 0.355 e. The van der Waals surface area contributed by atoms with Crippen LogP contribution in [0.3, 0.4) is 0 Å².